The Morgan fingerprint density at radius 1 is 1.42 bits per heavy atom. The molecule has 0 aromatic carbocycles. The summed E-state index contributed by atoms with van der Waals surface area (Å²) in [6.07, 6.45) is 11.6. The van der Waals surface area contributed by atoms with E-state index in [1.165, 1.54) is 18.4 Å². The van der Waals surface area contributed by atoms with Crippen molar-refractivity contribution in [2.75, 3.05) is 13.1 Å². The third-order valence-corrected chi connectivity index (χ3v) is 4.42. The molecule has 0 saturated heterocycles. The number of likely N-dealkylation sites (N-methyl/N-ethyl adjacent to an activating group) is 1. The maximum absolute atomic E-state index is 12.0. The first kappa shape index (κ1) is 14.4. The Morgan fingerprint density at radius 3 is 2.74 bits per heavy atom. The van der Waals surface area contributed by atoms with Gasteiger partial charge in [-0.15, -0.1) is 0 Å². The molecule has 0 aromatic heterocycles. The Kier molecular flexibility index (Phi) is 4.84. The average molecular weight is 261 g/mol. The van der Waals surface area contributed by atoms with Gasteiger partial charge in [0.25, 0.3) is 0 Å². The van der Waals surface area contributed by atoms with E-state index in [4.69, 9.17) is 0 Å². The number of amides is 1. The minimum absolute atomic E-state index is 0.340. The molecule has 0 aromatic rings. The Hall–Kier alpha value is -1.05. The minimum atomic E-state index is 0.340. The first-order valence-electron chi connectivity index (χ1n) is 7.74. The maximum Gasteiger partial charge on any atom is 0.225 e. The molecule has 106 valence electrons. The molecule has 2 nitrogen and oxygen atoms in total. The number of rotatable bonds is 5. The van der Waals surface area contributed by atoms with Crippen LogP contribution in [0.15, 0.2) is 23.8 Å². The van der Waals surface area contributed by atoms with Crippen LogP contribution in [0.25, 0.3) is 0 Å². The Morgan fingerprint density at radius 2 is 2.16 bits per heavy atom. The van der Waals surface area contributed by atoms with Crippen molar-refractivity contribution in [3.63, 3.8) is 0 Å². The molecule has 1 saturated carbocycles. The van der Waals surface area contributed by atoms with Crippen LogP contribution in [0.2, 0.25) is 0 Å². The maximum atomic E-state index is 12.0. The van der Waals surface area contributed by atoms with E-state index in [1.807, 2.05) is 4.90 Å². The van der Waals surface area contributed by atoms with E-state index < -0.39 is 0 Å². The normalized spacial score (nSPS) is 27.4. The lowest BCUT2D eigenvalue weighted by atomic mass is 9.82. The summed E-state index contributed by atoms with van der Waals surface area (Å²) >= 11 is 0. The van der Waals surface area contributed by atoms with Crippen LogP contribution in [0.1, 0.15) is 46.5 Å². The molecular weight excluding hydrogens is 234 g/mol. The third kappa shape index (κ3) is 3.95. The number of nitrogens with zero attached hydrogens (tertiary/aromatic N) is 1. The molecule has 0 bridgehead atoms. The predicted octanol–water partition coefficient (Wildman–Crippen LogP) is 3.79. The van der Waals surface area contributed by atoms with Crippen molar-refractivity contribution in [2.45, 2.75) is 46.5 Å². The molecule has 0 heterocycles. The van der Waals surface area contributed by atoms with Crippen LogP contribution < -0.4 is 0 Å². The molecule has 0 radical (unpaired) electrons. The van der Waals surface area contributed by atoms with Gasteiger partial charge in [-0.3, -0.25) is 4.79 Å². The summed E-state index contributed by atoms with van der Waals surface area (Å²) in [6, 6.07) is 0. The van der Waals surface area contributed by atoms with Gasteiger partial charge in [-0.2, -0.15) is 0 Å². The Bertz CT molecular complexity index is 379. The first-order chi connectivity index (χ1) is 9.11. The van der Waals surface area contributed by atoms with E-state index in [0.717, 1.165) is 25.9 Å². The zero-order chi connectivity index (χ0) is 13.8. The number of carbonyl (C=O) groups excluding carboxylic acids is 1. The molecule has 2 heteroatoms. The zero-order valence-corrected chi connectivity index (χ0v) is 12.6. The van der Waals surface area contributed by atoms with Gasteiger partial charge >= 0.3 is 0 Å². The van der Waals surface area contributed by atoms with Crippen LogP contribution in [0, 0.1) is 17.8 Å². The summed E-state index contributed by atoms with van der Waals surface area (Å²) in [5.74, 6) is 1.99. The smallest absolute Gasteiger partial charge is 0.225 e. The van der Waals surface area contributed by atoms with Crippen molar-refractivity contribution < 1.29 is 4.79 Å². The van der Waals surface area contributed by atoms with Crippen LogP contribution in [0.3, 0.4) is 0 Å². The minimum Gasteiger partial charge on any atom is -0.339 e. The summed E-state index contributed by atoms with van der Waals surface area (Å²) in [6.45, 7) is 8.22. The number of hydrogen-bond acceptors (Lipinski definition) is 1. The molecule has 2 aliphatic rings. The fourth-order valence-electron chi connectivity index (χ4n) is 2.91. The molecule has 0 aliphatic heterocycles. The van der Waals surface area contributed by atoms with Crippen LogP contribution in [0.4, 0.5) is 0 Å². The predicted molar refractivity (Wildman–Crippen MR) is 79.8 cm³/mol. The van der Waals surface area contributed by atoms with Gasteiger partial charge in [0, 0.05) is 19.0 Å². The van der Waals surface area contributed by atoms with Crippen LogP contribution in [-0.2, 0) is 4.79 Å². The molecule has 1 amide bonds. The molecule has 19 heavy (non-hydrogen) atoms. The molecule has 2 rings (SSSR count). The summed E-state index contributed by atoms with van der Waals surface area (Å²) in [5, 5.41) is 0. The molecule has 1 fully saturated rings. The van der Waals surface area contributed by atoms with Crippen molar-refractivity contribution in [1.82, 2.24) is 4.90 Å². The van der Waals surface area contributed by atoms with Crippen LogP contribution in [-0.4, -0.2) is 23.9 Å². The third-order valence-electron chi connectivity index (χ3n) is 4.42. The zero-order valence-electron chi connectivity index (χ0n) is 12.6. The lowest BCUT2D eigenvalue weighted by molar-refractivity contribution is -0.131. The van der Waals surface area contributed by atoms with Gasteiger partial charge in [0.1, 0.15) is 0 Å². The fourth-order valence-corrected chi connectivity index (χ4v) is 2.91. The second-order valence-electron chi connectivity index (χ2n) is 6.15. The topological polar surface area (TPSA) is 20.3 Å². The molecule has 2 unspecified atom stereocenters. The van der Waals surface area contributed by atoms with E-state index in [2.05, 4.69) is 39.0 Å². The van der Waals surface area contributed by atoms with Crippen LogP contribution in [0.5, 0.6) is 0 Å². The van der Waals surface area contributed by atoms with E-state index in [0.29, 0.717) is 23.7 Å². The van der Waals surface area contributed by atoms with E-state index in [1.54, 1.807) is 0 Å². The summed E-state index contributed by atoms with van der Waals surface area (Å²) < 4.78 is 0. The van der Waals surface area contributed by atoms with E-state index in [-0.39, 0.29) is 0 Å². The summed E-state index contributed by atoms with van der Waals surface area (Å²) in [4.78, 5) is 14.0. The standard InChI is InChI=1S/C17H27NO/c1-4-18(17(19)16-9-10-16)11-5-6-15-8-7-13(2)12-14(15)3/h5-6,12,14-16H,4,7-11H2,1-3H3. The molecular formula is C17H27NO. The van der Waals surface area contributed by atoms with Gasteiger partial charge in [-0.05, 0) is 51.4 Å². The lowest BCUT2D eigenvalue weighted by Crippen LogP contribution is -2.32. The van der Waals surface area contributed by atoms with Gasteiger partial charge in [-0.1, -0.05) is 30.7 Å². The monoisotopic (exact) mass is 261 g/mol. The summed E-state index contributed by atoms with van der Waals surface area (Å²) in [7, 11) is 0. The molecule has 2 aliphatic carbocycles. The van der Waals surface area contributed by atoms with Crippen molar-refractivity contribution in [3.05, 3.63) is 23.8 Å². The molecule has 2 atom stereocenters. The average Bonchev–Trinajstić information content (AvgIpc) is 3.20. The number of allylic oxidation sites excluding steroid dienone is 3. The van der Waals surface area contributed by atoms with Crippen molar-refractivity contribution >= 4 is 5.91 Å². The lowest BCUT2D eigenvalue weighted by Gasteiger charge is -2.25. The van der Waals surface area contributed by atoms with E-state index >= 15 is 0 Å². The largest absolute Gasteiger partial charge is 0.339 e. The van der Waals surface area contributed by atoms with Gasteiger partial charge < -0.3 is 4.90 Å². The fraction of sp³-hybridized carbons (Fsp3) is 0.706. The van der Waals surface area contributed by atoms with Gasteiger partial charge in [0.2, 0.25) is 5.91 Å². The first-order valence-corrected chi connectivity index (χ1v) is 7.74. The Labute approximate surface area is 117 Å². The second kappa shape index (κ2) is 6.40. The highest BCUT2D eigenvalue weighted by Crippen LogP contribution is 2.31. The van der Waals surface area contributed by atoms with Gasteiger partial charge in [0.15, 0.2) is 0 Å². The van der Waals surface area contributed by atoms with Gasteiger partial charge in [0.05, 0.1) is 0 Å². The van der Waals surface area contributed by atoms with Gasteiger partial charge in [-0.25, -0.2) is 0 Å². The highest BCUT2D eigenvalue weighted by Gasteiger charge is 2.32. The molecule has 0 N–H and O–H groups in total. The SMILES string of the molecule is CCN(CC=CC1CCC(C)=CC1C)C(=O)C1CC1. The van der Waals surface area contributed by atoms with Crippen LogP contribution >= 0.6 is 0 Å². The Balaban J connectivity index is 1.83. The highest BCUT2D eigenvalue weighted by molar-refractivity contribution is 5.81. The van der Waals surface area contributed by atoms with E-state index in [9.17, 15) is 4.79 Å². The van der Waals surface area contributed by atoms with Crippen molar-refractivity contribution in [2.24, 2.45) is 17.8 Å². The van der Waals surface area contributed by atoms with Crippen molar-refractivity contribution in [1.29, 1.82) is 0 Å². The highest BCUT2D eigenvalue weighted by atomic mass is 16.2. The quantitative estimate of drug-likeness (QED) is 0.689. The van der Waals surface area contributed by atoms with Crippen molar-refractivity contribution in [3.8, 4) is 0 Å². The molecule has 0 spiro atoms. The number of hydrogen-bond donors (Lipinski definition) is 0. The second-order valence-corrected chi connectivity index (χ2v) is 6.15. The summed E-state index contributed by atoms with van der Waals surface area (Å²) in [5.41, 5.74) is 1.52. The number of carbonyl (C=O) groups is 1.